The minimum Gasteiger partial charge on any atom is -0.153 e. The Labute approximate surface area is 307 Å². The maximum atomic E-state index is 2.39. The van der Waals surface area contributed by atoms with Crippen molar-refractivity contribution < 1.29 is 0 Å². The summed E-state index contributed by atoms with van der Waals surface area (Å²) in [6, 6.07) is 85.6. The average Bonchev–Trinajstić information content (AvgIpc) is 3.22. The van der Waals surface area contributed by atoms with Crippen LogP contribution >= 0.6 is 9.90 Å². The van der Waals surface area contributed by atoms with Crippen molar-refractivity contribution in [1.29, 1.82) is 0 Å². The highest BCUT2D eigenvalue weighted by molar-refractivity contribution is 7.20. The van der Waals surface area contributed by atoms with Crippen LogP contribution in [0.1, 0.15) is 0 Å². The zero-order chi connectivity index (χ0) is 33.6. The molecular formula is C48H41PSi2. The lowest BCUT2D eigenvalue weighted by Crippen LogP contribution is -2.74. The largest absolute Gasteiger partial charge is 0.179 e. The second-order valence-electron chi connectivity index (χ2n) is 12.9. The minimum absolute atomic E-state index is 0. The van der Waals surface area contributed by atoms with Crippen molar-refractivity contribution in [3.63, 3.8) is 0 Å². The van der Waals surface area contributed by atoms with Gasteiger partial charge in [0.05, 0.1) is 0 Å². The fraction of sp³-hybridized carbons (Fsp3) is 0. The van der Waals surface area contributed by atoms with Gasteiger partial charge in [-0.2, -0.15) is 9.90 Å². The maximum absolute atomic E-state index is 2.56. The molecule has 3 heteroatoms. The maximum Gasteiger partial charge on any atom is 0.179 e. The number of hydrogen-bond donors (Lipinski definition) is 0. The molecule has 0 bridgehead atoms. The van der Waals surface area contributed by atoms with E-state index in [-0.39, 0.29) is 9.90 Å². The van der Waals surface area contributed by atoms with Gasteiger partial charge in [0.2, 0.25) is 0 Å². The molecule has 0 aromatic heterocycles. The molecule has 51 heavy (non-hydrogen) atoms. The van der Waals surface area contributed by atoms with Crippen molar-refractivity contribution in [3.05, 3.63) is 231 Å². The summed E-state index contributed by atoms with van der Waals surface area (Å²) in [5, 5.41) is 11.1. The van der Waals surface area contributed by atoms with Crippen LogP contribution in [0.15, 0.2) is 231 Å². The Balaban J connectivity index is 0.00000406. The van der Waals surface area contributed by atoms with E-state index in [9.17, 15) is 0 Å². The van der Waals surface area contributed by atoms with Gasteiger partial charge in [0, 0.05) is 0 Å². The highest BCUT2D eigenvalue weighted by Crippen LogP contribution is 2.20. The molecule has 0 fully saturated rings. The van der Waals surface area contributed by atoms with Crippen LogP contribution in [-0.2, 0) is 0 Å². The van der Waals surface area contributed by atoms with Crippen LogP contribution < -0.4 is 41.5 Å². The Kier molecular flexibility index (Phi) is 10.2. The quantitative estimate of drug-likeness (QED) is 0.0960. The molecule has 8 aromatic carbocycles. The SMILES string of the molecule is P.c1ccc([Si](c2ccccc2)(c2ccccc2)c2ccc(-c3ccc([Si](c4ccccc4)(c4ccccc4)c4ccccc4)cc3)cc2)cc1. The summed E-state index contributed by atoms with van der Waals surface area (Å²) in [6.07, 6.45) is 0. The smallest absolute Gasteiger partial charge is 0.153 e. The van der Waals surface area contributed by atoms with E-state index in [0.717, 1.165) is 0 Å². The molecule has 1 unspecified atom stereocenters. The van der Waals surface area contributed by atoms with Gasteiger partial charge in [-0.1, -0.05) is 231 Å². The number of benzene rings is 8. The monoisotopic (exact) mass is 704 g/mol. The molecule has 0 saturated carbocycles. The van der Waals surface area contributed by atoms with Crippen LogP contribution in [0, 0.1) is 0 Å². The molecule has 8 rings (SSSR count). The molecule has 0 spiro atoms. The normalized spacial score (nSPS) is 11.4. The van der Waals surface area contributed by atoms with Gasteiger partial charge in [-0.3, -0.25) is 0 Å². The van der Waals surface area contributed by atoms with Crippen LogP contribution in [0.2, 0.25) is 0 Å². The molecule has 0 radical (unpaired) electrons. The summed E-state index contributed by atoms with van der Waals surface area (Å²) in [4.78, 5) is 0. The summed E-state index contributed by atoms with van der Waals surface area (Å²) >= 11 is 0. The first-order chi connectivity index (χ1) is 24.8. The van der Waals surface area contributed by atoms with Crippen molar-refractivity contribution in [2.75, 3.05) is 0 Å². The predicted octanol–water partition coefficient (Wildman–Crippen LogP) is 6.17. The van der Waals surface area contributed by atoms with Crippen LogP contribution in [-0.4, -0.2) is 16.1 Å². The lowest BCUT2D eigenvalue weighted by Gasteiger charge is -2.34. The van der Waals surface area contributed by atoms with Gasteiger partial charge in [-0.15, -0.1) is 0 Å². The van der Waals surface area contributed by atoms with Crippen molar-refractivity contribution in [2.45, 2.75) is 0 Å². The van der Waals surface area contributed by atoms with E-state index in [0.29, 0.717) is 0 Å². The van der Waals surface area contributed by atoms with Crippen molar-refractivity contribution >= 4 is 67.5 Å². The van der Waals surface area contributed by atoms with Crippen LogP contribution in [0.3, 0.4) is 0 Å². The first-order valence-corrected chi connectivity index (χ1v) is 21.4. The lowest BCUT2D eigenvalue weighted by molar-refractivity contribution is 1.62. The minimum atomic E-state index is -2.56. The highest BCUT2D eigenvalue weighted by Gasteiger charge is 2.42. The molecule has 0 aliphatic rings. The second-order valence-corrected chi connectivity index (χ2v) is 20.5. The number of hydrogen-bond acceptors (Lipinski definition) is 0. The van der Waals surface area contributed by atoms with Crippen molar-refractivity contribution in [1.82, 2.24) is 0 Å². The fourth-order valence-corrected chi connectivity index (χ4v) is 17.4. The van der Waals surface area contributed by atoms with E-state index < -0.39 is 16.1 Å². The van der Waals surface area contributed by atoms with E-state index in [1.807, 2.05) is 0 Å². The van der Waals surface area contributed by atoms with Gasteiger partial charge < -0.3 is 0 Å². The lowest BCUT2D eigenvalue weighted by atomic mass is 10.1. The molecule has 8 aromatic rings. The summed E-state index contributed by atoms with van der Waals surface area (Å²) in [5.74, 6) is 0. The Hall–Kier alpha value is -5.38. The molecular weight excluding hydrogens is 664 g/mol. The molecule has 0 amide bonds. The van der Waals surface area contributed by atoms with Crippen LogP contribution in [0.25, 0.3) is 11.1 Å². The molecule has 0 saturated heterocycles. The standard InChI is InChI=1S/C48H38Si2.H3P/c1-7-19-41(20-8-1)49(42-21-9-2-10-22-42,43-23-11-3-12-24-43)47-35-31-39(32-36-47)40-33-37-48(38-34-40)50(44-25-13-4-14-26-44,45-27-15-5-16-28-45)46-29-17-6-18-30-46;/h1-38H;1H3. The Morgan fingerprint density at radius 3 is 0.510 bits per heavy atom. The predicted molar refractivity (Wildman–Crippen MR) is 230 cm³/mol. The molecule has 0 aliphatic heterocycles. The summed E-state index contributed by atoms with van der Waals surface area (Å²) in [6.45, 7) is 0. The molecule has 0 heterocycles. The van der Waals surface area contributed by atoms with Gasteiger partial charge in [-0.05, 0) is 52.6 Å². The van der Waals surface area contributed by atoms with Crippen molar-refractivity contribution in [3.8, 4) is 11.1 Å². The van der Waals surface area contributed by atoms with Gasteiger partial charge >= 0.3 is 0 Å². The molecule has 246 valence electrons. The summed E-state index contributed by atoms with van der Waals surface area (Å²) in [7, 11) is -5.13. The third-order valence-corrected chi connectivity index (χ3v) is 19.8. The zero-order valence-corrected chi connectivity index (χ0v) is 32.1. The van der Waals surface area contributed by atoms with E-state index in [1.165, 1.54) is 52.6 Å². The van der Waals surface area contributed by atoms with E-state index in [1.54, 1.807) is 0 Å². The van der Waals surface area contributed by atoms with Crippen LogP contribution in [0.5, 0.6) is 0 Å². The van der Waals surface area contributed by atoms with Crippen LogP contribution in [0.4, 0.5) is 0 Å². The summed E-state index contributed by atoms with van der Waals surface area (Å²) in [5.41, 5.74) is 2.45. The second kappa shape index (κ2) is 15.2. The zero-order valence-electron chi connectivity index (χ0n) is 28.6. The summed E-state index contributed by atoms with van der Waals surface area (Å²) < 4.78 is 0. The van der Waals surface area contributed by atoms with Gasteiger partial charge in [0.1, 0.15) is 0 Å². The topological polar surface area (TPSA) is 0 Å². The third kappa shape index (κ3) is 6.17. The van der Waals surface area contributed by atoms with Gasteiger partial charge in [0.25, 0.3) is 0 Å². The molecule has 0 N–H and O–H groups in total. The first-order valence-electron chi connectivity index (χ1n) is 17.4. The Morgan fingerprint density at radius 2 is 0.333 bits per heavy atom. The fourth-order valence-electron chi connectivity index (χ4n) is 7.95. The van der Waals surface area contributed by atoms with Crippen molar-refractivity contribution in [2.24, 2.45) is 0 Å². The molecule has 0 aliphatic carbocycles. The van der Waals surface area contributed by atoms with Gasteiger partial charge in [-0.25, -0.2) is 0 Å². The Morgan fingerprint density at radius 1 is 0.176 bits per heavy atom. The van der Waals surface area contributed by atoms with Gasteiger partial charge in [0.15, 0.2) is 16.1 Å². The average molecular weight is 705 g/mol. The Bertz CT molecular complexity index is 1900. The van der Waals surface area contributed by atoms with E-state index in [4.69, 9.17) is 0 Å². The third-order valence-electron chi connectivity index (χ3n) is 10.2. The van der Waals surface area contributed by atoms with E-state index >= 15 is 0 Å². The first kappa shape index (κ1) is 34.1. The molecule has 0 nitrogen and oxygen atoms in total. The van der Waals surface area contributed by atoms with E-state index in [2.05, 4.69) is 231 Å². The number of rotatable bonds is 9. The highest BCUT2D eigenvalue weighted by atomic mass is 31.0. The molecule has 1 atom stereocenters.